The molecule has 0 saturated carbocycles. The van der Waals surface area contributed by atoms with Gasteiger partial charge in [-0.3, -0.25) is 9.20 Å². The van der Waals surface area contributed by atoms with Crippen molar-refractivity contribution >= 4 is 40.0 Å². The van der Waals surface area contributed by atoms with Gasteiger partial charge in [-0.25, -0.2) is 15.0 Å². The molecule has 0 aliphatic heterocycles. The Morgan fingerprint density at radius 3 is 2.64 bits per heavy atom. The highest BCUT2D eigenvalue weighted by molar-refractivity contribution is 7.98. The van der Waals surface area contributed by atoms with Gasteiger partial charge in [-0.1, -0.05) is 35.5 Å². The highest BCUT2D eigenvalue weighted by atomic mass is 35.5. The van der Waals surface area contributed by atoms with E-state index < -0.39 is 0 Å². The van der Waals surface area contributed by atoms with Crippen LogP contribution in [0.4, 0.5) is 0 Å². The van der Waals surface area contributed by atoms with Crippen LogP contribution in [-0.4, -0.2) is 19.4 Å². The third-order valence-electron chi connectivity index (χ3n) is 3.73. The lowest BCUT2D eigenvalue weighted by Gasteiger charge is -2.07. The van der Waals surface area contributed by atoms with Crippen molar-refractivity contribution in [2.75, 3.05) is 0 Å². The number of nitrogens with zero attached hydrogens (tertiary/aromatic N) is 4. The van der Waals surface area contributed by atoms with Gasteiger partial charge in [0.1, 0.15) is 10.7 Å². The van der Waals surface area contributed by atoms with Crippen molar-refractivity contribution in [1.82, 2.24) is 19.4 Å². The Morgan fingerprint density at radius 2 is 1.84 bits per heavy atom. The Bertz CT molecular complexity index is 1160. The van der Waals surface area contributed by atoms with Gasteiger partial charge in [-0.05, 0) is 31.2 Å². The molecule has 0 fully saturated rings. The van der Waals surface area contributed by atoms with E-state index in [2.05, 4.69) is 15.0 Å². The number of benzene rings is 1. The highest BCUT2D eigenvalue weighted by Crippen LogP contribution is 2.24. The number of halogens is 1. The molecule has 4 aromatic rings. The zero-order valence-corrected chi connectivity index (χ0v) is 14.9. The summed E-state index contributed by atoms with van der Waals surface area (Å²) in [5.41, 5.74) is 3.73. The predicted octanol–water partition coefficient (Wildman–Crippen LogP) is 3.89. The maximum absolute atomic E-state index is 12.2. The second-order valence-corrected chi connectivity index (χ2v) is 6.95. The van der Waals surface area contributed by atoms with Gasteiger partial charge in [0.2, 0.25) is 0 Å². The lowest BCUT2D eigenvalue weighted by Crippen LogP contribution is -2.15. The molecule has 0 aliphatic rings. The van der Waals surface area contributed by atoms with Crippen LogP contribution in [0.15, 0.2) is 58.5 Å². The molecule has 0 aliphatic carbocycles. The number of thioether (sulfide) groups is 1. The smallest absolute Gasteiger partial charge is 0.258 e. The average Bonchev–Trinajstić information content (AvgIpc) is 2.60. The quantitative estimate of drug-likeness (QED) is 0.513. The Kier molecular flexibility index (Phi) is 4.15. The molecule has 0 N–H and O–H groups in total. The van der Waals surface area contributed by atoms with E-state index in [-0.39, 0.29) is 5.56 Å². The molecule has 1 aromatic carbocycles. The molecule has 124 valence electrons. The van der Waals surface area contributed by atoms with Gasteiger partial charge in [0, 0.05) is 18.0 Å². The molecular weight excluding hydrogens is 356 g/mol. The summed E-state index contributed by atoms with van der Waals surface area (Å²) in [4.78, 5) is 26.0. The Hall–Kier alpha value is -2.44. The monoisotopic (exact) mass is 368 g/mol. The fourth-order valence-corrected chi connectivity index (χ4v) is 3.56. The average molecular weight is 369 g/mol. The van der Waals surface area contributed by atoms with E-state index in [0.29, 0.717) is 22.1 Å². The minimum absolute atomic E-state index is 0.149. The van der Waals surface area contributed by atoms with Crippen LogP contribution >= 0.6 is 23.4 Å². The third-order valence-corrected chi connectivity index (χ3v) is 5.06. The topological polar surface area (TPSA) is 60.2 Å². The van der Waals surface area contributed by atoms with E-state index in [1.54, 1.807) is 18.3 Å². The number of aromatic nitrogens is 4. The summed E-state index contributed by atoms with van der Waals surface area (Å²) >= 11 is 7.45. The fourth-order valence-electron chi connectivity index (χ4n) is 2.55. The molecule has 0 bridgehead atoms. The molecule has 0 saturated heterocycles. The summed E-state index contributed by atoms with van der Waals surface area (Å²) in [5.74, 6) is 0.544. The molecule has 7 heteroatoms. The Morgan fingerprint density at radius 1 is 1.08 bits per heavy atom. The second-order valence-electron chi connectivity index (χ2n) is 5.55. The summed E-state index contributed by atoms with van der Waals surface area (Å²) in [6.45, 7) is 1.94. The first kappa shape index (κ1) is 16.1. The number of rotatable bonds is 3. The van der Waals surface area contributed by atoms with Crippen molar-refractivity contribution in [2.24, 2.45) is 0 Å². The molecule has 0 spiro atoms. The molecule has 4 rings (SSSR count). The van der Waals surface area contributed by atoms with Gasteiger partial charge < -0.3 is 0 Å². The number of pyridine rings is 1. The zero-order valence-electron chi connectivity index (χ0n) is 13.3. The van der Waals surface area contributed by atoms with Crippen LogP contribution in [0.3, 0.4) is 0 Å². The minimum atomic E-state index is -0.149. The van der Waals surface area contributed by atoms with Gasteiger partial charge in [0.25, 0.3) is 5.56 Å². The molecule has 5 nitrogen and oxygen atoms in total. The normalized spacial score (nSPS) is 11.3. The van der Waals surface area contributed by atoms with E-state index in [4.69, 9.17) is 11.6 Å². The molecule has 25 heavy (non-hydrogen) atoms. The Labute approximate surface area is 152 Å². The summed E-state index contributed by atoms with van der Waals surface area (Å²) in [7, 11) is 0. The van der Waals surface area contributed by atoms with Crippen molar-refractivity contribution in [3.63, 3.8) is 0 Å². The minimum Gasteiger partial charge on any atom is -0.269 e. The van der Waals surface area contributed by atoms with Crippen LogP contribution < -0.4 is 5.56 Å². The van der Waals surface area contributed by atoms with Crippen molar-refractivity contribution in [1.29, 1.82) is 0 Å². The third kappa shape index (κ3) is 3.23. The van der Waals surface area contributed by atoms with Crippen molar-refractivity contribution in [2.45, 2.75) is 17.7 Å². The van der Waals surface area contributed by atoms with Crippen LogP contribution in [0, 0.1) is 6.92 Å². The largest absolute Gasteiger partial charge is 0.269 e. The fraction of sp³-hybridized carbons (Fsp3) is 0.111. The van der Waals surface area contributed by atoms with Crippen LogP contribution in [0.1, 0.15) is 11.4 Å². The predicted molar refractivity (Wildman–Crippen MR) is 100 cm³/mol. The molecule has 0 amide bonds. The van der Waals surface area contributed by atoms with Gasteiger partial charge in [0.15, 0.2) is 0 Å². The first-order valence-corrected chi connectivity index (χ1v) is 9.00. The highest BCUT2D eigenvalue weighted by Gasteiger charge is 2.08. The van der Waals surface area contributed by atoms with Gasteiger partial charge in [-0.2, -0.15) is 0 Å². The molecule has 3 heterocycles. The van der Waals surface area contributed by atoms with Crippen LogP contribution in [0.25, 0.3) is 16.7 Å². The van der Waals surface area contributed by atoms with Crippen molar-refractivity contribution in [3.8, 4) is 0 Å². The lowest BCUT2D eigenvalue weighted by molar-refractivity contribution is 1.00. The zero-order chi connectivity index (χ0) is 17.4. The number of aryl methyl sites for hydroxylation is 1. The molecular formula is C18H13ClN4OS. The Balaban J connectivity index is 1.65. The van der Waals surface area contributed by atoms with Crippen molar-refractivity contribution in [3.05, 3.63) is 75.4 Å². The molecule has 0 atom stereocenters. The number of hydrogen-bond donors (Lipinski definition) is 0. The van der Waals surface area contributed by atoms with Crippen LogP contribution in [-0.2, 0) is 5.75 Å². The van der Waals surface area contributed by atoms with Crippen LogP contribution in [0.5, 0.6) is 0 Å². The van der Waals surface area contributed by atoms with E-state index >= 15 is 0 Å². The lowest BCUT2D eigenvalue weighted by atomic mass is 10.3. The number of para-hydroxylation sites is 2. The number of fused-ring (bicyclic) bond motifs is 2. The summed E-state index contributed by atoms with van der Waals surface area (Å²) in [6, 6.07) is 12.8. The van der Waals surface area contributed by atoms with E-state index in [0.717, 1.165) is 21.8 Å². The van der Waals surface area contributed by atoms with E-state index in [1.807, 2.05) is 31.2 Å². The van der Waals surface area contributed by atoms with E-state index in [1.165, 1.54) is 22.2 Å². The first-order chi connectivity index (χ1) is 12.1. The van der Waals surface area contributed by atoms with Gasteiger partial charge in [-0.15, -0.1) is 0 Å². The van der Waals surface area contributed by atoms with Crippen molar-refractivity contribution < 1.29 is 0 Å². The van der Waals surface area contributed by atoms with Crippen LogP contribution in [0.2, 0.25) is 5.02 Å². The first-order valence-electron chi connectivity index (χ1n) is 7.64. The molecule has 3 aromatic heterocycles. The number of hydrogen-bond acceptors (Lipinski definition) is 5. The maximum Gasteiger partial charge on any atom is 0.258 e. The SMILES string of the molecule is Cc1nc2ccccc2nc1SCc1cc(=O)n2cc(Cl)ccc2n1. The standard InChI is InChI=1S/C18H13ClN4OS/c1-11-18(22-15-5-3-2-4-14(15)20-11)25-10-13-8-17(24)23-9-12(19)6-7-16(23)21-13/h2-9H,10H2,1H3. The van der Waals surface area contributed by atoms with Gasteiger partial charge in [0.05, 0.1) is 27.4 Å². The molecule has 0 unspecified atom stereocenters. The maximum atomic E-state index is 12.2. The van der Waals surface area contributed by atoms with Gasteiger partial charge >= 0.3 is 0 Å². The second kappa shape index (κ2) is 6.46. The summed E-state index contributed by atoms with van der Waals surface area (Å²) in [6.07, 6.45) is 1.57. The molecule has 0 radical (unpaired) electrons. The summed E-state index contributed by atoms with van der Waals surface area (Å²) < 4.78 is 1.44. The summed E-state index contributed by atoms with van der Waals surface area (Å²) in [5, 5.41) is 1.34. The van der Waals surface area contributed by atoms with E-state index in [9.17, 15) is 4.79 Å².